The summed E-state index contributed by atoms with van der Waals surface area (Å²) in [7, 11) is 4.78. The number of hydrogen-bond donors (Lipinski definition) is 0. The van der Waals surface area contributed by atoms with Gasteiger partial charge in [0.2, 0.25) is 5.75 Å². The molecule has 0 radical (unpaired) electrons. The van der Waals surface area contributed by atoms with Gasteiger partial charge < -0.3 is 23.7 Å². The van der Waals surface area contributed by atoms with Crippen molar-refractivity contribution in [1.82, 2.24) is 0 Å². The van der Waals surface area contributed by atoms with Gasteiger partial charge in [-0.2, -0.15) is 0 Å². The quantitative estimate of drug-likeness (QED) is 0.310. The van der Waals surface area contributed by atoms with Crippen LogP contribution >= 0.6 is 0 Å². The zero-order valence-corrected chi connectivity index (χ0v) is 22.8. The lowest BCUT2D eigenvalue weighted by atomic mass is 9.82. The van der Waals surface area contributed by atoms with E-state index in [4.69, 9.17) is 23.7 Å². The fourth-order valence-corrected chi connectivity index (χ4v) is 4.61. The van der Waals surface area contributed by atoms with E-state index in [1.165, 1.54) is 11.1 Å². The van der Waals surface area contributed by atoms with Crippen molar-refractivity contribution in [2.24, 2.45) is 11.8 Å². The van der Waals surface area contributed by atoms with E-state index in [0.717, 1.165) is 12.0 Å². The summed E-state index contributed by atoms with van der Waals surface area (Å²) in [5.74, 6) is 1.50. The highest BCUT2D eigenvalue weighted by atomic mass is 16.5. The topological polar surface area (TPSA) is 63.2 Å². The Morgan fingerprint density at radius 3 is 2.14 bits per heavy atom. The van der Waals surface area contributed by atoms with Crippen molar-refractivity contribution in [3.8, 4) is 17.2 Å². The number of hydrogen-bond acceptors (Lipinski definition) is 6. The first-order valence-electron chi connectivity index (χ1n) is 12.4. The molecular formula is C30H40O6. The standard InChI is InChI=1S/C30H40O6/c1-9-19(2)29(31)36-18-24-22(14-20-10-12-23(13-11-20)30(3,4)5)17-35-27(24)21-15-25(32-6)28(34-8)26(16-21)33-7/h9-13,15-16,22,24,27H,14,17-18H2,1-8H3/t22-,24-,27+/m0/s1. The molecule has 1 fully saturated rings. The number of methoxy groups -OCH3 is 3. The molecule has 6 nitrogen and oxygen atoms in total. The molecule has 0 aliphatic carbocycles. The molecule has 3 rings (SSSR count). The number of carbonyl (C=O) groups excluding carboxylic acids is 1. The second-order valence-electron chi connectivity index (χ2n) is 10.4. The smallest absolute Gasteiger partial charge is 0.333 e. The van der Waals surface area contributed by atoms with Gasteiger partial charge in [0.05, 0.1) is 40.6 Å². The van der Waals surface area contributed by atoms with Crippen LogP contribution in [0.15, 0.2) is 48.0 Å². The van der Waals surface area contributed by atoms with Gasteiger partial charge in [0.15, 0.2) is 11.5 Å². The number of esters is 1. The van der Waals surface area contributed by atoms with Gasteiger partial charge in [0, 0.05) is 11.5 Å². The highest BCUT2D eigenvalue weighted by molar-refractivity contribution is 5.87. The molecule has 1 aliphatic heterocycles. The van der Waals surface area contributed by atoms with Gasteiger partial charge >= 0.3 is 5.97 Å². The van der Waals surface area contributed by atoms with Crippen molar-refractivity contribution >= 4 is 5.97 Å². The maximum atomic E-state index is 12.5. The SMILES string of the molecule is CC=C(C)C(=O)OC[C@H]1[C@@H](Cc2ccc(C(C)(C)C)cc2)CO[C@@H]1c1cc(OC)c(OC)c(OC)c1. The van der Waals surface area contributed by atoms with Gasteiger partial charge in [-0.05, 0) is 60.4 Å². The molecule has 6 heteroatoms. The first kappa shape index (κ1) is 27.6. The lowest BCUT2D eigenvalue weighted by Gasteiger charge is -2.25. The fourth-order valence-electron chi connectivity index (χ4n) is 4.61. The van der Waals surface area contributed by atoms with E-state index >= 15 is 0 Å². The van der Waals surface area contributed by atoms with E-state index in [2.05, 4.69) is 45.0 Å². The van der Waals surface area contributed by atoms with Crippen LogP contribution in [0.25, 0.3) is 0 Å². The van der Waals surface area contributed by atoms with E-state index in [1.54, 1.807) is 34.3 Å². The fraction of sp³-hybridized carbons (Fsp3) is 0.500. The first-order chi connectivity index (χ1) is 17.1. The van der Waals surface area contributed by atoms with Crippen LogP contribution in [0.1, 0.15) is 57.4 Å². The van der Waals surface area contributed by atoms with Gasteiger partial charge in [-0.25, -0.2) is 4.79 Å². The largest absolute Gasteiger partial charge is 0.493 e. The summed E-state index contributed by atoms with van der Waals surface area (Å²) in [5.41, 5.74) is 4.14. The van der Waals surface area contributed by atoms with Crippen molar-refractivity contribution < 1.29 is 28.5 Å². The first-order valence-corrected chi connectivity index (χ1v) is 12.4. The lowest BCUT2D eigenvalue weighted by molar-refractivity contribution is -0.141. The third kappa shape index (κ3) is 6.22. The Labute approximate surface area is 215 Å². The van der Waals surface area contributed by atoms with Crippen molar-refractivity contribution in [2.45, 2.75) is 52.6 Å². The van der Waals surface area contributed by atoms with Crippen LogP contribution in [-0.2, 0) is 26.1 Å². The summed E-state index contributed by atoms with van der Waals surface area (Å²) in [4.78, 5) is 12.5. The molecule has 1 aliphatic rings. The molecule has 0 N–H and O–H groups in total. The molecule has 2 aromatic carbocycles. The van der Waals surface area contributed by atoms with Gasteiger partial charge in [0.1, 0.15) is 0 Å². The van der Waals surface area contributed by atoms with Crippen LogP contribution in [0.2, 0.25) is 0 Å². The Balaban J connectivity index is 1.91. The third-order valence-corrected chi connectivity index (χ3v) is 6.98. The highest BCUT2D eigenvalue weighted by Crippen LogP contribution is 2.46. The highest BCUT2D eigenvalue weighted by Gasteiger charge is 2.40. The second-order valence-corrected chi connectivity index (χ2v) is 10.4. The molecule has 196 valence electrons. The summed E-state index contributed by atoms with van der Waals surface area (Å²) in [6.45, 7) is 11.1. The predicted molar refractivity (Wildman–Crippen MR) is 141 cm³/mol. The Bertz CT molecular complexity index is 1040. The Morgan fingerprint density at radius 2 is 1.64 bits per heavy atom. The van der Waals surface area contributed by atoms with Crippen LogP contribution in [0, 0.1) is 11.8 Å². The Morgan fingerprint density at radius 1 is 1.03 bits per heavy atom. The molecule has 1 heterocycles. The zero-order valence-electron chi connectivity index (χ0n) is 22.8. The number of ether oxygens (including phenoxy) is 5. The molecule has 0 bridgehead atoms. The van der Waals surface area contributed by atoms with Crippen LogP contribution in [0.4, 0.5) is 0 Å². The lowest BCUT2D eigenvalue weighted by Crippen LogP contribution is -2.25. The minimum absolute atomic E-state index is 0.0382. The summed E-state index contributed by atoms with van der Waals surface area (Å²) in [6.07, 6.45) is 2.31. The van der Waals surface area contributed by atoms with Crippen LogP contribution in [-0.4, -0.2) is 40.5 Å². The normalized spacial score (nSPS) is 20.2. The van der Waals surface area contributed by atoms with Gasteiger partial charge in [-0.15, -0.1) is 0 Å². The van der Waals surface area contributed by atoms with Crippen LogP contribution in [0.5, 0.6) is 17.2 Å². The molecule has 36 heavy (non-hydrogen) atoms. The van der Waals surface area contributed by atoms with Gasteiger partial charge in [-0.3, -0.25) is 0 Å². The maximum Gasteiger partial charge on any atom is 0.333 e. The van der Waals surface area contributed by atoms with Gasteiger partial charge in [-0.1, -0.05) is 51.1 Å². The van der Waals surface area contributed by atoms with Crippen LogP contribution < -0.4 is 14.2 Å². The van der Waals surface area contributed by atoms with Crippen LogP contribution in [0.3, 0.4) is 0 Å². The third-order valence-electron chi connectivity index (χ3n) is 6.98. The van der Waals surface area contributed by atoms with Crippen molar-refractivity contribution in [3.05, 3.63) is 64.7 Å². The van der Waals surface area contributed by atoms with Gasteiger partial charge in [0.25, 0.3) is 0 Å². The molecule has 2 aromatic rings. The summed E-state index contributed by atoms with van der Waals surface area (Å²) in [5, 5.41) is 0. The molecule has 0 unspecified atom stereocenters. The molecule has 0 spiro atoms. The zero-order chi connectivity index (χ0) is 26.5. The average Bonchev–Trinajstić information content (AvgIpc) is 3.27. The van der Waals surface area contributed by atoms with Crippen molar-refractivity contribution in [2.75, 3.05) is 34.5 Å². The van der Waals surface area contributed by atoms with E-state index < -0.39 is 0 Å². The maximum absolute atomic E-state index is 12.5. The predicted octanol–water partition coefficient (Wildman–Crippen LogP) is 6.07. The molecule has 0 amide bonds. The monoisotopic (exact) mass is 496 g/mol. The number of allylic oxidation sites excluding steroid dienone is 1. The van der Waals surface area contributed by atoms with Crippen molar-refractivity contribution in [1.29, 1.82) is 0 Å². The minimum Gasteiger partial charge on any atom is -0.493 e. The average molecular weight is 497 g/mol. The molecule has 0 aromatic heterocycles. The molecule has 3 atom stereocenters. The number of rotatable bonds is 9. The van der Waals surface area contributed by atoms with E-state index in [-0.39, 0.29) is 35.9 Å². The minimum atomic E-state index is -0.304. The number of carbonyl (C=O) groups is 1. The van der Waals surface area contributed by atoms with E-state index in [1.807, 2.05) is 19.1 Å². The summed E-state index contributed by atoms with van der Waals surface area (Å²) < 4.78 is 28.7. The Kier molecular flexibility index (Phi) is 9.07. The summed E-state index contributed by atoms with van der Waals surface area (Å²) in [6, 6.07) is 12.6. The van der Waals surface area contributed by atoms with Crippen molar-refractivity contribution in [3.63, 3.8) is 0 Å². The van der Waals surface area contributed by atoms with E-state index in [0.29, 0.717) is 29.4 Å². The second kappa shape index (κ2) is 11.8. The molecular weight excluding hydrogens is 456 g/mol. The Hall–Kier alpha value is -2.99. The summed E-state index contributed by atoms with van der Waals surface area (Å²) >= 11 is 0. The molecule has 1 saturated heterocycles. The molecule has 0 saturated carbocycles. The number of benzene rings is 2. The van der Waals surface area contributed by atoms with E-state index in [9.17, 15) is 4.79 Å².